The number of rotatable bonds is 3. The van der Waals surface area contributed by atoms with Crippen molar-refractivity contribution in [3.63, 3.8) is 0 Å². The molecule has 0 amide bonds. The Bertz CT molecular complexity index is 716. The Morgan fingerprint density at radius 2 is 1.12 bits per heavy atom. The van der Waals surface area contributed by atoms with Crippen LogP contribution in [0.4, 0.5) is 0 Å². The minimum Gasteiger partial charge on any atom is -1.00 e. The zero-order chi connectivity index (χ0) is 15.7. The van der Waals surface area contributed by atoms with E-state index in [4.69, 9.17) is 0 Å². The first-order chi connectivity index (χ1) is 10.5. The summed E-state index contributed by atoms with van der Waals surface area (Å²) >= 11 is 2.29. The second-order valence-corrected chi connectivity index (χ2v) is 11.2. The molecule has 0 saturated carbocycles. The number of hydrogen-bond donors (Lipinski definition) is 0. The molecule has 0 unspecified atom stereocenters. The van der Waals surface area contributed by atoms with Crippen LogP contribution in [0.15, 0.2) is 80.9 Å². The topological polar surface area (TPSA) is 0 Å². The fourth-order valence-corrected chi connectivity index (χ4v) is 8.57. The predicted octanol–water partition coefficient (Wildman–Crippen LogP) is -5.03. The summed E-state index contributed by atoms with van der Waals surface area (Å²) in [5, 5.41) is 4.70. The van der Waals surface area contributed by atoms with Crippen molar-refractivity contribution in [3.05, 3.63) is 80.9 Å². The van der Waals surface area contributed by atoms with Gasteiger partial charge in [-0.1, -0.05) is 0 Å². The number of benzene rings is 2. The average Bonchev–Trinajstić information content (AvgIpc) is 2.83. The molecular formula is C20H21Cl3SiTi. The van der Waals surface area contributed by atoms with Crippen molar-refractivity contribution in [2.75, 3.05) is 0 Å². The first kappa shape index (κ1) is 24.7. The Kier molecular flexibility index (Phi) is 10.0. The predicted molar refractivity (Wildman–Crippen MR) is 93.8 cm³/mol. The van der Waals surface area contributed by atoms with Gasteiger partial charge in [0.1, 0.15) is 0 Å². The van der Waals surface area contributed by atoms with Gasteiger partial charge >= 0.3 is 147 Å². The van der Waals surface area contributed by atoms with E-state index in [1.807, 2.05) is 0 Å². The maximum atomic E-state index is 2.52. The van der Waals surface area contributed by atoms with E-state index < -0.39 is 8.07 Å². The van der Waals surface area contributed by atoms with Gasteiger partial charge in [0, 0.05) is 0 Å². The quantitative estimate of drug-likeness (QED) is 0.417. The van der Waals surface area contributed by atoms with Gasteiger partial charge in [-0.15, -0.1) is 0 Å². The van der Waals surface area contributed by atoms with Crippen molar-refractivity contribution in [1.29, 1.82) is 0 Å². The molecule has 0 atom stereocenters. The third kappa shape index (κ3) is 4.53. The van der Waals surface area contributed by atoms with Gasteiger partial charge in [-0.25, -0.2) is 0 Å². The average molecular weight is 444 g/mol. The molecule has 0 radical (unpaired) electrons. The smallest absolute Gasteiger partial charge is 1.00 e. The van der Waals surface area contributed by atoms with Crippen molar-refractivity contribution < 1.29 is 57.7 Å². The molecule has 25 heavy (non-hydrogen) atoms. The number of allylic oxidation sites excluding steroid dienone is 4. The van der Waals surface area contributed by atoms with Crippen LogP contribution in [0.1, 0.15) is 20.3 Å². The summed E-state index contributed by atoms with van der Waals surface area (Å²) < 4.78 is 1.54. The van der Waals surface area contributed by atoms with Gasteiger partial charge in [0.15, 0.2) is 0 Å². The summed E-state index contributed by atoms with van der Waals surface area (Å²) in [5.41, 5.74) is 3.03. The molecule has 1 aliphatic rings. The van der Waals surface area contributed by atoms with Crippen LogP contribution in [-0.2, 0) is 20.4 Å². The summed E-state index contributed by atoms with van der Waals surface area (Å²) in [5.74, 6) is 0. The first-order valence-corrected chi connectivity index (χ1v) is 11.1. The minimum atomic E-state index is -1.88. The second-order valence-electron chi connectivity index (χ2n) is 6.24. The zero-order valence-corrected chi connectivity index (χ0v) is 19.4. The maximum absolute atomic E-state index is 2.52. The monoisotopic (exact) mass is 442 g/mol. The van der Waals surface area contributed by atoms with E-state index in [1.54, 1.807) is 5.20 Å². The van der Waals surface area contributed by atoms with Crippen molar-refractivity contribution in [2.45, 2.75) is 26.8 Å². The van der Waals surface area contributed by atoms with Gasteiger partial charge < -0.3 is 37.2 Å². The third-order valence-corrected chi connectivity index (χ3v) is 10.7. The molecule has 2 aromatic carbocycles. The molecule has 0 aliphatic heterocycles. The van der Waals surface area contributed by atoms with E-state index in [-0.39, 0.29) is 37.2 Å². The Labute approximate surface area is 182 Å². The summed E-state index contributed by atoms with van der Waals surface area (Å²) in [6.07, 6.45) is 1.14. The zero-order valence-electron chi connectivity index (χ0n) is 14.6. The normalized spacial score (nSPS) is 13.8. The van der Waals surface area contributed by atoms with Crippen molar-refractivity contribution in [3.8, 4) is 0 Å². The summed E-state index contributed by atoms with van der Waals surface area (Å²) in [6.45, 7) is 7.11. The number of hydrogen-bond acceptors (Lipinski definition) is 0. The molecule has 5 heteroatoms. The molecule has 0 spiro atoms. The Morgan fingerprint density at radius 1 is 0.720 bits per heavy atom. The third-order valence-electron chi connectivity index (χ3n) is 5.13. The molecule has 0 N–H and O–H groups in total. The van der Waals surface area contributed by atoms with Gasteiger partial charge in [0.05, 0.1) is 0 Å². The van der Waals surface area contributed by atoms with Crippen molar-refractivity contribution in [2.24, 2.45) is 0 Å². The Hall–Kier alpha value is -0.279. The van der Waals surface area contributed by atoms with E-state index >= 15 is 0 Å². The fourth-order valence-electron chi connectivity index (χ4n) is 3.50. The van der Waals surface area contributed by atoms with Gasteiger partial charge in [0.2, 0.25) is 0 Å². The molecule has 0 saturated heterocycles. The van der Waals surface area contributed by atoms with Crippen molar-refractivity contribution in [1.82, 2.24) is 0 Å². The molecule has 0 fully saturated rings. The molecule has 0 bridgehead atoms. The van der Waals surface area contributed by atoms with Gasteiger partial charge in [-0.3, -0.25) is 0 Å². The van der Waals surface area contributed by atoms with Crippen LogP contribution in [0.25, 0.3) is 0 Å². The van der Waals surface area contributed by atoms with Crippen LogP contribution < -0.4 is 47.6 Å². The molecule has 3 rings (SSSR count). The molecule has 130 valence electrons. The van der Waals surface area contributed by atoms with Crippen LogP contribution in [0, 0.1) is 0 Å². The minimum absolute atomic E-state index is 0. The van der Waals surface area contributed by atoms with E-state index in [0.717, 1.165) is 6.42 Å². The molecule has 0 heterocycles. The van der Waals surface area contributed by atoms with E-state index in [2.05, 4.69) is 101 Å². The summed E-state index contributed by atoms with van der Waals surface area (Å²) in [6, 6.07) is 22.3. The van der Waals surface area contributed by atoms with Crippen LogP contribution in [-0.4, -0.2) is 8.07 Å². The largest absolute Gasteiger partial charge is 1.00 e. The van der Waals surface area contributed by atoms with Gasteiger partial charge in [-0.2, -0.15) is 0 Å². The summed E-state index contributed by atoms with van der Waals surface area (Å²) in [4.78, 5) is 0. The van der Waals surface area contributed by atoms with Gasteiger partial charge in [-0.05, 0) is 0 Å². The van der Waals surface area contributed by atoms with Crippen LogP contribution in [0.5, 0.6) is 0 Å². The molecule has 0 aromatic heterocycles. The summed E-state index contributed by atoms with van der Waals surface area (Å²) in [7, 11) is -1.88. The second kappa shape index (κ2) is 10.2. The molecule has 1 aliphatic carbocycles. The molecule has 0 nitrogen and oxygen atoms in total. The van der Waals surface area contributed by atoms with Crippen LogP contribution in [0.3, 0.4) is 0 Å². The Morgan fingerprint density at radius 3 is 1.44 bits per heavy atom. The molecule has 2 aromatic rings. The maximum Gasteiger partial charge on any atom is -1.00 e. The number of halogens is 3. The van der Waals surface area contributed by atoms with Crippen LogP contribution in [0.2, 0.25) is 6.55 Å². The van der Waals surface area contributed by atoms with Crippen LogP contribution >= 0.6 is 0 Å². The standard InChI is InChI=1S/C20H21Si.3ClH.Ti/c1-16-14-15-20(17(16)2)21(3,18-10-6-4-7-11-18)19-12-8-5-9-13-19;;;;/h4-13H,15H2,1-3H3;3*1H;/q;;;;+3/p-3. The first-order valence-electron chi connectivity index (χ1n) is 7.78. The fraction of sp³-hybridized carbons (Fsp3) is 0.200. The molecular weight excluding hydrogens is 423 g/mol. The van der Waals surface area contributed by atoms with E-state index in [9.17, 15) is 0 Å². The Balaban J connectivity index is 0.00000192. The SMILES string of the molecule is CC1=[C]([Ti+3])CC([Si](C)(c2ccccc2)c2ccccc2)=C1C.[Cl-].[Cl-].[Cl-]. The van der Waals surface area contributed by atoms with Crippen molar-refractivity contribution >= 4 is 18.4 Å². The van der Waals surface area contributed by atoms with Gasteiger partial charge in [0.25, 0.3) is 0 Å². The van der Waals surface area contributed by atoms with E-state index in [1.165, 1.54) is 25.4 Å². The van der Waals surface area contributed by atoms with E-state index in [0.29, 0.717) is 0 Å².